The van der Waals surface area contributed by atoms with E-state index in [1.165, 1.54) is 16.9 Å². The van der Waals surface area contributed by atoms with Crippen LogP contribution in [0.1, 0.15) is 27.7 Å². The van der Waals surface area contributed by atoms with Gasteiger partial charge in [0.15, 0.2) is 0 Å². The third kappa shape index (κ3) is 2.16. The van der Waals surface area contributed by atoms with Gasteiger partial charge in [0.2, 0.25) is 0 Å². The van der Waals surface area contributed by atoms with E-state index in [-0.39, 0.29) is 5.97 Å². The number of esters is 1. The summed E-state index contributed by atoms with van der Waals surface area (Å²) in [6, 6.07) is 8.20. The quantitative estimate of drug-likeness (QED) is 0.661. The number of pyridine rings is 1. The predicted molar refractivity (Wildman–Crippen MR) is 82.6 cm³/mol. The molecule has 0 aliphatic heterocycles. The Hall–Kier alpha value is -1.94. The van der Waals surface area contributed by atoms with Crippen LogP contribution in [0.25, 0.3) is 21.1 Å². The molecule has 0 amide bonds. The topological polar surface area (TPSA) is 39.2 Å². The Morgan fingerprint density at radius 2 is 2.00 bits per heavy atom. The number of carbonyl (C=O) groups excluding carboxylic acids is 1. The minimum atomic E-state index is -0.271. The molecule has 3 nitrogen and oxygen atoms in total. The van der Waals surface area contributed by atoms with Crippen LogP contribution in [0.5, 0.6) is 0 Å². The molecule has 3 aromatic rings. The van der Waals surface area contributed by atoms with Crippen LogP contribution in [-0.4, -0.2) is 17.6 Å². The molecule has 3 rings (SSSR count). The lowest BCUT2D eigenvalue weighted by molar-refractivity contribution is 0.0532. The standard InChI is InChI=1S/C16H15NO2S/c1-4-19-16(18)13-8-12-7-11-6-9(2)5-10(3)14(11)17-15(12)20-13/h5-8H,4H2,1-3H3. The highest BCUT2D eigenvalue weighted by molar-refractivity contribution is 7.20. The molecule has 1 aromatic carbocycles. The second kappa shape index (κ2) is 4.87. The number of benzene rings is 1. The summed E-state index contributed by atoms with van der Waals surface area (Å²) >= 11 is 1.39. The molecule has 0 unspecified atom stereocenters. The maximum Gasteiger partial charge on any atom is 0.348 e. The summed E-state index contributed by atoms with van der Waals surface area (Å²) in [5.74, 6) is -0.271. The fourth-order valence-electron chi connectivity index (χ4n) is 2.41. The predicted octanol–water partition coefficient (Wildman–Crippen LogP) is 4.24. The van der Waals surface area contributed by atoms with Gasteiger partial charge in [0, 0.05) is 10.8 Å². The molecule has 0 N–H and O–H groups in total. The highest BCUT2D eigenvalue weighted by Crippen LogP contribution is 2.29. The molecule has 0 aliphatic carbocycles. The minimum absolute atomic E-state index is 0.271. The molecule has 0 radical (unpaired) electrons. The minimum Gasteiger partial charge on any atom is -0.462 e. The highest BCUT2D eigenvalue weighted by Gasteiger charge is 2.13. The Morgan fingerprint density at radius 3 is 2.75 bits per heavy atom. The molecule has 2 aromatic heterocycles. The van der Waals surface area contributed by atoms with Gasteiger partial charge in [0.1, 0.15) is 9.71 Å². The van der Waals surface area contributed by atoms with Gasteiger partial charge in [-0.1, -0.05) is 11.6 Å². The number of aryl methyl sites for hydroxylation is 2. The van der Waals surface area contributed by atoms with E-state index < -0.39 is 0 Å². The molecule has 102 valence electrons. The van der Waals surface area contributed by atoms with Crippen LogP contribution in [0, 0.1) is 13.8 Å². The van der Waals surface area contributed by atoms with Crippen molar-refractivity contribution >= 4 is 38.4 Å². The van der Waals surface area contributed by atoms with E-state index in [1.807, 2.05) is 13.0 Å². The molecule has 0 saturated carbocycles. The molecule has 0 bridgehead atoms. The molecule has 0 spiro atoms. The Bertz CT molecular complexity index is 820. The van der Waals surface area contributed by atoms with E-state index in [4.69, 9.17) is 9.72 Å². The van der Waals surface area contributed by atoms with E-state index >= 15 is 0 Å². The number of hydrogen-bond acceptors (Lipinski definition) is 4. The highest BCUT2D eigenvalue weighted by atomic mass is 32.1. The zero-order valence-corrected chi connectivity index (χ0v) is 12.5. The summed E-state index contributed by atoms with van der Waals surface area (Å²) < 4.78 is 5.04. The fourth-order valence-corrected chi connectivity index (χ4v) is 3.32. The molecule has 0 aliphatic rings. The van der Waals surface area contributed by atoms with Crippen molar-refractivity contribution in [3.63, 3.8) is 0 Å². The first-order valence-electron chi connectivity index (χ1n) is 6.57. The van der Waals surface area contributed by atoms with E-state index in [2.05, 4.69) is 32.0 Å². The van der Waals surface area contributed by atoms with Crippen molar-refractivity contribution in [1.82, 2.24) is 4.98 Å². The summed E-state index contributed by atoms with van der Waals surface area (Å²) in [6.45, 7) is 6.34. The van der Waals surface area contributed by atoms with Crippen molar-refractivity contribution in [2.45, 2.75) is 20.8 Å². The van der Waals surface area contributed by atoms with E-state index in [0.717, 1.165) is 26.7 Å². The maximum atomic E-state index is 11.8. The van der Waals surface area contributed by atoms with Gasteiger partial charge in [-0.3, -0.25) is 0 Å². The summed E-state index contributed by atoms with van der Waals surface area (Å²) in [5.41, 5.74) is 3.38. The lowest BCUT2D eigenvalue weighted by Gasteiger charge is -2.03. The summed E-state index contributed by atoms with van der Waals surface area (Å²) in [7, 11) is 0. The third-order valence-electron chi connectivity index (χ3n) is 3.22. The van der Waals surface area contributed by atoms with Crippen molar-refractivity contribution < 1.29 is 9.53 Å². The lowest BCUT2D eigenvalue weighted by Crippen LogP contribution is -2.01. The van der Waals surface area contributed by atoms with Gasteiger partial charge >= 0.3 is 5.97 Å². The monoisotopic (exact) mass is 285 g/mol. The van der Waals surface area contributed by atoms with Crippen molar-refractivity contribution in [3.8, 4) is 0 Å². The zero-order valence-electron chi connectivity index (χ0n) is 11.7. The summed E-state index contributed by atoms with van der Waals surface area (Å²) in [4.78, 5) is 18.0. The van der Waals surface area contributed by atoms with Crippen LogP contribution in [0.15, 0.2) is 24.3 Å². The number of rotatable bonds is 2. The zero-order chi connectivity index (χ0) is 14.3. The van der Waals surface area contributed by atoms with E-state index in [1.54, 1.807) is 0 Å². The number of ether oxygens (including phenoxy) is 1. The first-order chi connectivity index (χ1) is 9.58. The first-order valence-corrected chi connectivity index (χ1v) is 7.39. The van der Waals surface area contributed by atoms with Crippen LogP contribution in [0.3, 0.4) is 0 Å². The van der Waals surface area contributed by atoms with Crippen molar-refractivity contribution in [3.05, 3.63) is 40.3 Å². The summed E-state index contributed by atoms with van der Waals surface area (Å²) in [6.07, 6.45) is 0. The smallest absolute Gasteiger partial charge is 0.348 e. The molecular weight excluding hydrogens is 270 g/mol. The SMILES string of the molecule is CCOC(=O)c1cc2cc3cc(C)cc(C)c3nc2s1. The lowest BCUT2D eigenvalue weighted by atomic mass is 10.1. The number of fused-ring (bicyclic) bond motifs is 2. The Morgan fingerprint density at radius 1 is 1.20 bits per heavy atom. The molecule has 20 heavy (non-hydrogen) atoms. The van der Waals surface area contributed by atoms with Crippen molar-refractivity contribution in [2.24, 2.45) is 0 Å². The number of aromatic nitrogens is 1. The van der Waals surface area contributed by atoms with Gasteiger partial charge < -0.3 is 4.74 Å². The van der Waals surface area contributed by atoms with Crippen molar-refractivity contribution in [1.29, 1.82) is 0 Å². The van der Waals surface area contributed by atoms with Crippen molar-refractivity contribution in [2.75, 3.05) is 6.61 Å². The van der Waals surface area contributed by atoms with Gasteiger partial charge in [-0.25, -0.2) is 9.78 Å². The van der Waals surface area contributed by atoms with Gasteiger partial charge in [0.25, 0.3) is 0 Å². The van der Waals surface area contributed by atoms with Gasteiger partial charge in [-0.05, 0) is 44.5 Å². The van der Waals surface area contributed by atoms with Gasteiger partial charge in [0.05, 0.1) is 12.1 Å². The second-order valence-corrected chi connectivity index (χ2v) is 5.90. The number of carbonyl (C=O) groups is 1. The van der Waals surface area contributed by atoms with E-state index in [9.17, 15) is 4.79 Å². The number of nitrogens with zero attached hydrogens (tertiary/aromatic N) is 1. The Balaban J connectivity index is 2.21. The molecule has 0 saturated heterocycles. The van der Waals surface area contributed by atoms with Gasteiger partial charge in [-0.15, -0.1) is 11.3 Å². The maximum absolute atomic E-state index is 11.8. The summed E-state index contributed by atoms with van der Waals surface area (Å²) in [5, 5.41) is 2.11. The molecule has 0 fully saturated rings. The molecule has 4 heteroatoms. The molecule has 2 heterocycles. The van der Waals surface area contributed by atoms with Gasteiger partial charge in [-0.2, -0.15) is 0 Å². The third-order valence-corrected chi connectivity index (χ3v) is 4.24. The van der Waals surface area contributed by atoms with Crippen LogP contribution in [0.2, 0.25) is 0 Å². The van der Waals surface area contributed by atoms with Crippen LogP contribution < -0.4 is 0 Å². The van der Waals surface area contributed by atoms with E-state index in [0.29, 0.717) is 11.5 Å². The number of thiophene rings is 1. The first kappa shape index (κ1) is 13.1. The largest absolute Gasteiger partial charge is 0.462 e. The van der Waals surface area contributed by atoms with Crippen LogP contribution >= 0.6 is 11.3 Å². The van der Waals surface area contributed by atoms with Crippen LogP contribution in [-0.2, 0) is 4.74 Å². The Labute approximate surface area is 121 Å². The fraction of sp³-hybridized carbons (Fsp3) is 0.250. The average molecular weight is 285 g/mol. The average Bonchev–Trinajstić information content (AvgIpc) is 2.79. The second-order valence-electron chi connectivity index (χ2n) is 4.87. The molecular formula is C16H15NO2S. The number of hydrogen-bond donors (Lipinski definition) is 0. The normalized spacial score (nSPS) is 11.2. The van der Waals surface area contributed by atoms with Crippen LogP contribution in [0.4, 0.5) is 0 Å². The Kier molecular flexibility index (Phi) is 3.18. The molecule has 0 atom stereocenters.